The van der Waals surface area contributed by atoms with Crippen LogP contribution in [0.2, 0.25) is 0 Å². The second-order valence-electron chi connectivity index (χ2n) is 7.73. The van der Waals surface area contributed by atoms with Gasteiger partial charge < -0.3 is 0 Å². The van der Waals surface area contributed by atoms with Crippen molar-refractivity contribution in [1.29, 1.82) is 0 Å². The lowest BCUT2D eigenvalue weighted by atomic mass is 10.1. The van der Waals surface area contributed by atoms with E-state index in [1.54, 1.807) is 35.1 Å². The average Bonchev–Trinajstić information content (AvgIpc) is 3.36. The fourth-order valence-electron chi connectivity index (χ4n) is 3.67. The molecule has 2 heterocycles. The van der Waals surface area contributed by atoms with Gasteiger partial charge in [-0.15, -0.1) is 0 Å². The van der Waals surface area contributed by atoms with Crippen molar-refractivity contribution in [2.24, 2.45) is 0 Å². The van der Waals surface area contributed by atoms with Gasteiger partial charge in [0.25, 0.3) is 17.4 Å². The quantitative estimate of drug-likeness (QED) is 0.389. The molecule has 0 bridgehead atoms. The molecule has 9 nitrogen and oxygen atoms in total. The summed E-state index contributed by atoms with van der Waals surface area (Å²) in [5, 5.41) is 9.78. The molecule has 0 aliphatic carbocycles. The van der Waals surface area contributed by atoms with Gasteiger partial charge in [-0.2, -0.15) is 10.2 Å². The van der Waals surface area contributed by atoms with Crippen LogP contribution in [0.4, 0.5) is 0 Å². The molecule has 0 unspecified atom stereocenters. The minimum absolute atomic E-state index is 0.279. The van der Waals surface area contributed by atoms with Gasteiger partial charge in [-0.3, -0.25) is 25.2 Å². The molecular weight excluding hydrogens is 444 g/mol. The lowest BCUT2D eigenvalue weighted by Crippen LogP contribution is -2.44. The Morgan fingerprint density at radius 2 is 1.51 bits per heavy atom. The second kappa shape index (κ2) is 9.44. The number of amides is 2. The molecule has 0 saturated carbocycles. The maximum Gasteiger partial charge on any atom is 0.275 e. The summed E-state index contributed by atoms with van der Waals surface area (Å²) < 4.78 is 2.66. The lowest BCUT2D eigenvalue weighted by molar-refractivity contribution is -0.122. The summed E-state index contributed by atoms with van der Waals surface area (Å²) in [6.07, 6.45) is 3.13. The molecule has 0 atom stereocenters. The molecule has 2 amide bonds. The Hall–Kier alpha value is -5.05. The summed E-state index contributed by atoms with van der Waals surface area (Å²) in [5.41, 5.74) is 6.67. The summed E-state index contributed by atoms with van der Waals surface area (Å²) in [4.78, 5) is 38.1. The number of rotatable bonds is 5. The smallest absolute Gasteiger partial charge is 0.271 e. The van der Waals surface area contributed by atoms with Crippen LogP contribution in [0.5, 0.6) is 0 Å². The maximum absolute atomic E-state index is 13.0. The summed E-state index contributed by atoms with van der Waals surface area (Å²) in [7, 11) is 0. The molecule has 5 rings (SSSR count). The van der Waals surface area contributed by atoms with E-state index in [-0.39, 0.29) is 17.7 Å². The van der Waals surface area contributed by atoms with Crippen molar-refractivity contribution in [2.45, 2.75) is 6.54 Å². The zero-order valence-electron chi connectivity index (χ0n) is 18.5. The van der Waals surface area contributed by atoms with Crippen LogP contribution in [0.3, 0.4) is 0 Å². The van der Waals surface area contributed by atoms with Crippen molar-refractivity contribution < 1.29 is 9.59 Å². The third kappa shape index (κ3) is 4.55. The van der Waals surface area contributed by atoms with Crippen LogP contribution >= 0.6 is 0 Å². The SMILES string of the molecule is O=C(Cn1ncc2ccccc2c1=O)NNC(=O)c1cn(-c2ccccc2)nc1-c1ccccc1. The van der Waals surface area contributed by atoms with E-state index in [1.165, 1.54) is 6.20 Å². The van der Waals surface area contributed by atoms with E-state index < -0.39 is 11.8 Å². The number of hydrogen-bond donors (Lipinski definition) is 2. The number of hydrogen-bond acceptors (Lipinski definition) is 5. The summed E-state index contributed by atoms with van der Waals surface area (Å²) in [6, 6.07) is 25.7. The number of nitrogens with one attached hydrogen (secondary N) is 2. The molecule has 0 saturated heterocycles. The normalized spacial score (nSPS) is 10.7. The van der Waals surface area contributed by atoms with Crippen LogP contribution < -0.4 is 16.4 Å². The molecule has 5 aromatic rings. The highest BCUT2D eigenvalue weighted by Crippen LogP contribution is 2.23. The van der Waals surface area contributed by atoms with Crippen molar-refractivity contribution >= 4 is 22.6 Å². The standard InChI is InChI=1S/C26H20N6O3/c33-23(17-32-26(35)21-14-8-7-11-19(21)15-27-32)28-29-25(34)22-16-31(20-12-5-2-6-13-20)30-24(22)18-9-3-1-4-10-18/h1-16H,17H2,(H,28,33)(H,29,34). The van der Waals surface area contributed by atoms with Crippen molar-refractivity contribution in [1.82, 2.24) is 30.4 Å². The van der Waals surface area contributed by atoms with Gasteiger partial charge in [-0.25, -0.2) is 9.36 Å². The number of nitrogens with zero attached hydrogens (tertiary/aromatic N) is 4. The van der Waals surface area contributed by atoms with E-state index in [9.17, 15) is 14.4 Å². The Morgan fingerprint density at radius 3 is 2.29 bits per heavy atom. The van der Waals surface area contributed by atoms with Crippen LogP contribution in [0.1, 0.15) is 10.4 Å². The van der Waals surface area contributed by atoms with Gasteiger partial charge in [0.2, 0.25) is 0 Å². The van der Waals surface area contributed by atoms with Gasteiger partial charge in [0.15, 0.2) is 0 Å². The zero-order valence-corrected chi connectivity index (χ0v) is 18.5. The predicted molar refractivity (Wildman–Crippen MR) is 131 cm³/mol. The zero-order chi connectivity index (χ0) is 24.2. The first-order chi connectivity index (χ1) is 17.1. The minimum atomic E-state index is -0.597. The molecule has 0 spiro atoms. The van der Waals surface area contributed by atoms with Crippen LogP contribution in [0.25, 0.3) is 27.7 Å². The molecule has 3 aromatic carbocycles. The molecule has 0 radical (unpaired) electrons. The molecule has 0 aliphatic heterocycles. The van der Waals surface area contributed by atoms with Gasteiger partial charge in [-0.1, -0.05) is 66.7 Å². The molecule has 0 fully saturated rings. The number of carbonyl (C=O) groups is 2. The van der Waals surface area contributed by atoms with Crippen molar-refractivity contribution in [2.75, 3.05) is 0 Å². The van der Waals surface area contributed by atoms with Crippen LogP contribution in [0.15, 0.2) is 102 Å². The van der Waals surface area contributed by atoms with E-state index in [2.05, 4.69) is 21.0 Å². The van der Waals surface area contributed by atoms with E-state index in [1.807, 2.05) is 60.7 Å². The van der Waals surface area contributed by atoms with E-state index in [4.69, 9.17) is 0 Å². The second-order valence-corrected chi connectivity index (χ2v) is 7.73. The fourth-order valence-corrected chi connectivity index (χ4v) is 3.67. The van der Waals surface area contributed by atoms with E-state index >= 15 is 0 Å². The third-order valence-electron chi connectivity index (χ3n) is 5.40. The maximum atomic E-state index is 13.0. The number of carbonyl (C=O) groups excluding carboxylic acids is 2. The first-order valence-corrected chi connectivity index (χ1v) is 10.8. The Morgan fingerprint density at radius 1 is 0.829 bits per heavy atom. The molecule has 2 aromatic heterocycles. The molecule has 9 heteroatoms. The van der Waals surface area contributed by atoms with Gasteiger partial charge >= 0.3 is 0 Å². The van der Waals surface area contributed by atoms with Gasteiger partial charge in [0, 0.05) is 17.1 Å². The Labute approximate surface area is 199 Å². The summed E-state index contributed by atoms with van der Waals surface area (Å²) >= 11 is 0. The fraction of sp³-hybridized carbons (Fsp3) is 0.0385. The van der Waals surface area contributed by atoms with Gasteiger partial charge in [-0.05, 0) is 18.2 Å². The number of aromatic nitrogens is 4. The van der Waals surface area contributed by atoms with E-state index in [0.29, 0.717) is 16.5 Å². The highest BCUT2D eigenvalue weighted by Gasteiger charge is 2.19. The largest absolute Gasteiger partial charge is 0.275 e. The summed E-state index contributed by atoms with van der Waals surface area (Å²) in [5.74, 6) is -1.14. The Kier molecular flexibility index (Phi) is 5.87. The van der Waals surface area contributed by atoms with Crippen molar-refractivity contribution in [3.63, 3.8) is 0 Å². The number of fused-ring (bicyclic) bond motifs is 1. The molecular formula is C26H20N6O3. The highest BCUT2D eigenvalue weighted by atomic mass is 16.2. The molecule has 172 valence electrons. The minimum Gasteiger partial charge on any atom is -0.271 e. The highest BCUT2D eigenvalue weighted by molar-refractivity contribution is 6.00. The van der Waals surface area contributed by atoms with Gasteiger partial charge in [0.1, 0.15) is 12.2 Å². The van der Waals surface area contributed by atoms with Gasteiger partial charge in [0.05, 0.1) is 22.8 Å². The first-order valence-electron chi connectivity index (χ1n) is 10.8. The van der Waals surface area contributed by atoms with Crippen molar-refractivity contribution in [3.05, 3.63) is 113 Å². The van der Waals surface area contributed by atoms with Crippen LogP contribution in [0, 0.1) is 0 Å². The average molecular weight is 464 g/mol. The first kappa shape index (κ1) is 21.8. The third-order valence-corrected chi connectivity index (χ3v) is 5.40. The van der Waals surface area contributed by atoms with Crippen molar-refractivity contribution in [3.8, 4) is 16.9 Å². The number of benzene rings is 3. The lowest BCUT2D eigenvalue weighted by Gasteiger charge is -2.09. The Balaban J connectivity index is 1.35. The molecule has 2 N–H and O–H groups in total. The summed E-state index contributed by atoms with van der Waals surface area (Å²) in [6.45, 7) is -0.348. The molecule has 35 heavy (non-hydrogen) atoms. The monoisotopic (exact) mass is 464 g/mol. The molecule has 0 aliphatic rings. The van der Waals surface area contributed by atoms with Crippen LogP contribution in [-0.4, -0.2) is 31.4 Å². The van der Waals surface area contributed by atoms with E-state index in [0.717, 1.165) is 15.9 Å². The topological polar surface area (TPSA) is 111 Å². The Bertz CT molecular complexity index is 1580. The predicted octanol–water partition coefficient (Wildman–Crippen LogP) is 2.71. The number of para-hydroxylation sites is 1. The number of hydrazine groups is 1. The van der Waals surface area contributed by atoms with Crippen LogP contribution in [-0.2, 0) is 11.3 Å².